The molecule has 1 N–H and O–H groups in total. The summed E-state index contributed by atoms with van der Waals surface area (Å²) in [6.07, 6.45) is 23.7. The van der Waals surface area contributed by atoms with Crippen molar-refractivity contribution in [3.05, 3.63) is 30.0 Å². The van der Waals surface area contributed by atoms with Crippen LogP contribution in [0.4, 0.5) is 0 Å². The van der Waals surface area contributed by atoms with Crippen LogP contribution in [0.15, 0.2) is 23.9 Å². The number of allylic oxidation sites excluding steroid dienone is 2. The van der Waals surface area contributed by atoms with Gasteiger partial charge in [-0.2, -0.15) is 0 Å². The average Bonchev–Trinajstić information content (AvgIpc) is 2.80. The zero-order valence-corrected chi connectivity index (χ0v) is 21.5. The summed E-state index contributed by atoms with van der Waals surface area (Å²) >= 11 is 0. The Morgan fingerprint density at radius 1 is 0.875 bits per heavy atom. The second-order valence-corrected chi connectivity index (χ2v) is 12.1. The first-order valence-electron chi connectivity index (χ1n) is 14.1. The zero-order chi connectivity index (χ0) is 22.7. The van der Waals surface area contributed by atoms with Crippen molar-refractivity contribution in [2.45, 2.75) is 117 Å². The van der Waals surface area contributed by atoms with E-state index in [0.717, 1.165) is 29.6 Å². The third-order valence-corrected chi connectivity index (χ3v) is 9.60. The maximum Gasteiger partial charge on any atom is 0.117 e. The molecule has 3 fully saturated rings. The first-order chi connectivity index (χ1) is 15.5. The van der Waals surface area contributed by atoms with Gasteiger partial charge in [-0.15, -0.1) is 6.08 Å². The molecular formula is C30H50N2. The molecule has 0 radical (unpaired) electrons. The molecule has 1 aliphatic heterocycles. The normalized spacial score (nSPS) is 35.8. The van der Waals surface area contributed by atoms with Crippen LogP contribution in [-0.2, 0) is 0 Å². The predicted octanol–water partition coefficient (Wildman–Crippen LogP) is 7.51. The predicted molar refractivity (Wildman–Crippen MR) is 138 cm³/mol. The highest BCUT2D eigenvalue weighted by Crippen LogP contribution is 2.41. The maximum absolute atomic E-state index is 4.68. The highest BCUT2D eigenvalue weighted by atomic mass is 15.1. The van der Waals surface area contributed by atoms with Gasteiger partial charge in [0.05, 0.1) is 12.8 Å². The highest BCUT2D eigenvalue weighted by molar-refractivity contribution is 5.31. The molecule has 4 aliphatic rings. The third-order valence-electron chi connectivity index (χ3n) is 9.60. The van der Waals surface area contributed by atoms with Crippen molar-refractivity contribution in [3.63, 3.8) is 0 Å². The van der Waals surface area contributed by atoms with Crippen LogP contribution in [0.5, 0.6) is 0 Å². The quantitative estimate of drug-likeness (QED) is 0.335. The molecule has 2 nitrogen and oxygen atoms in total. The number of hydrogen-bond acceptors (Lipinski definition) is 1. The molecule has 1 heterocycles. The van der Waals surface area contributed by atoms with Crippen molar-refractivity contribution in [1.29, 1.82) is 0 Å². The van der Waals surface area contributed by atoms with Crippen LogP contribution in [0.25, 0.3) is 0 Å². The molecule has 32 heavy (non-hydrogen) atoms. The van der Waals surface area contributed by atoms with Gasteiger partial charge in [0.1, 0.15) is 11.7 Å². The fourth-order valence-electron chi connectivity index (χ4n) is 7.57. The van der Waals surface area contributed by atoms with E-state index in [0.29, 0.717) is 18.0 Å². The monoisotopic (exact) mass is 438 g/mol. The summed E-state index contributed by atoms with van der Waals surface area (Å²) in [5.41, 5.74) is 1.45. The average molecular weight is 439 g/mol. The minimum Gasteiger partial charge on any atom is -0.309 e. The van der Waals surface area contributed by atoms with E-state index in [-0.39, 0.29) is 0 Å². The van der Waals surface area contributed by atoms with Crippen LogP contribution in [-0.4, -0.2) is 23.4 Å². The topological polar surface area (TPSA) is 15.0 Å². The second kappa shape index (κ2) is 10.9. The molecule has 3 aliphatic carbocycles. The summed E-state index contributed by atoms with van der Waals surface area (Å²) in [5.74, 6) is 4.51. The van der Waals surface area contributed by atoms with E-state index in [1.165, 1.54) is 88.8 Å². The molecule has 0 aromatic rings. The summed E-state index contributed by atoms with van der Waals surface area (Å²) < 4.78 is 2.38. The van der Waals surface area contributed by atoms with Crippen LogP contribution < -0.4 is 5.32 Å². The lowest BCUT2D eigenvalue weighted by molar-refractivity contribution is -0.463. The van der Waals surface area contributed by atoms with Gasteiger partial charge in [-0.3, -0.25) is 4.58 Å². The molecule has 0 aromatic heterocycles. The Balaban J connectivity index is 1.61. The van der Waals surface area contributed by atoms with Gasteiger partial charge in [0.15, 0.2) is 0 Å². The molecule has 180 valence electrons. The van der Waals surface area contributed by atoms with Gasteiger partial charge >= 0.3 is 0 Å². The van der Waals surface area contributed by atoms with E-state index in [1.54, 1.807) is 0 Å². The lowest BCUT2D eigenvalue weighted by Gasteiger charge is -2.46. The molecule has 0 amide bonds. The number of rotatable bonds is 6. The highest BCUT2D eigenvalue weighted by Gasteiger charge is 2.41. The van der Waals surface area contributed by atoms with E-state index in [1.807, 2.05) is 0 Å². The van der Waals surface area contributed by atoms with E-state index < -0.39 is 0 Å². The minimum absolute atomic E-state index is 0.429. The lowest BCUT2D eigenvalue weighted by Crippen LogP contribution is -2.55. The zero-order valence-electron chi connectivity index (χ0n) is 21.5. The molecule has 6 atom stereocenters. The number of hydrogen-bond donors (Lipinski definition) is 1. The van der Waals surface area contributed by atoms with Crippen LogP contribution in [0.1, 0.15) is 105 Å². The van der Waals surface area contributed by atoms with Gasteiger partial charge in [-0.05, 0) is 61.7 Å². The fourth-order valence-corrected chi connectivity index (χ4v) is 7.57. The lowest BCUT2D eigenvalue weighted by atomic mass is 9.70. The Labute approximate surface area is 199 Å². The Bertz CT molecular complexity index is 683. The molecule has 6 unspecified atom stereocenters. The summed E-state index contributed by atoms with van der Waals surface area (Å²) in [7, 11) is 0. The van der Waals surface area contributed by atoms with Gasteiger partial charge in [-0.25, -0.2) is 0 Å². The third kappa shape index (κ3) is 5.21. The first kappa shape index (κ1) is 24.1. The van der Waals surface area contributed by atoms with Crippen molar-refractivity contribution in [1.82, 2.24) is 5.32 Å². The van der Waals surface area contributed by atoms with Gasteiger partial charge in [-0.1, -0.05) is 84.8 Å². The molecule has 0 saturated heterocycles. The Morgan fingerprint density at radius 3 is 2.25 bits per heavy atom. The fraction of sp³-hybridized carbons (Fsp3) is 0.800. The van der Waals surface area contributed by atoms with Crippen LogP contribution in [0.3, 0.4) is 0 Å². The van der Waals surface area contributed by atoms with Crippen molar-refractivity contribution in [2.24, 2.45) is 35.5 Å². The first-order valence-corrected chi connectivity index (χ1v) is 14.1. The van der Waals surface area contributed by atoms with Gasteiger partial charge < -0.3 is 5.32 Å². The number of nitrogens with zero attached hydrogens (tertiary/aromatic N) is 1. The van der Waals surface area contributed by atoms with Gasteiger partial charge in [0.25, 0.3) is 0 Å². The van der Waals surface area contributed by atoms with Crippen LogP contribution >= 0.6 is 0 Å². The molecule has 2 heteroatoms. The van der Waals surface area contributed by atoms with Crippen molar-refractivity contribution < 1.29 is 4.58 Å². The largest absolute Gasteiger partial charge is 0.309 e. The van der Waals surface area contributed by atoms with Gasteiger partial charge in [0, 0.05) is 12.0 Å². The molecule has 0 bridgehead atoms. The summed E-state index contributed by atoms with van der Waals surface area (Å²) in [5, 5.41) is 4.36. The van der Waals surface area contributed by atoms with Gasteiger partial charge in [0.2, 0.25) is 0 Å². The van der Waals surface area contributed by atoms with Crippen molar-refractivity contribution >= 4 is 6.72 Å². The Kier molecular flexibility index (Phi) is 8.24. The Morgan fingerprint density at radius 2 is 1.53 bits per heavy atom. The van der Waals surface area contributed by atoms with Crippen molar-refractivity contribution in [3.8, 4) is 0 Å². The SMILES string of the molecule is C=[N+]1C(C(NC2C(C)CCCC2C(C)C)C2CCCCC2C)=CC=C[C-]1C1CCCCC1. The maximum atomic E-state index is 4.68. The summed E-state index contributed by atoms with van der Waals surface area (Å²) in [4.78, 5) is 0. The standard InChI is InChI=1S/C30H50N2/c1-21(2)25-18-11-14-23(4)29(25)31-30(26-17-10-9-13-22(26)3)28-20-12-19-27(32(28)5)24-15-7-6-8-16-24/h12,19-26,29-31H,5-11,13-18H2,1-4H3. The Hall–Kier alpha value is -1.02. The van der Waals surface area contributed by atoms with E-state index >= 15 is 0 Å². The molecule has 0 spiro atoms. The van der Waals surface area contributed by atoms with Crippen LogP contribution in [0, 0.1) is 41.5 Å². The second-order valence-electron chi connectivity index (χ2n) is 12.1. The minimum atomic E-state index is 0.429. The number of nitrogens with one attached hydrogen (secondary N) is 1. The smallest absolute Gasteiger partial charge is 0.117 e. The van der Waals surface area contributed by atoms with E-state index in [4.69, 9.17) is 0 Å². The molecule has 4 rings (SSSR count). The van der Waals surface area contributed by atoms with Crippen LogP contribution in [0.2, 0.25) is 0 Å². The molecule has 3 saturated carbocycles. The summed E-state index contributed by atoms with van der Waals surface area (Å²) in [6.45, 7) is 14.6. The van der Waals surface area contributed by atoms with E-state index in [9.17, 15) is 0 Å². The molecule has 0 aromatic carbocycles. The van der Waals surface area contributed by atoms with E-state index in [2.05, 4.69) is 62.5 Å². The van der Waals surface area contributed by atoms with Crippen molar-refractivity contribution in [2.75, 3.05) is 0 Å². The molecular weight excluding hydrogens is 388 g/mol. The summed E-state index contributed by atoms with van der Waals surface area (Å²) in [6, 6.07) is 2.54.